The van der Waals surface area contributed by atoms with Gasteiger partial charge in [-0.05, 0) is 18.8 Å². The smallest absolute Gasteiger partial charge is 0.243 e. The summed E-state index contributed by atoms with van der Waals surface area (Å²) in [5, 5.41) is 3.96. The molecule has 1 aliphatic heterocycles. The molecule has 1 fully saturated rings. The van der Waals surface area contributed by atoms with E-state index in [1.807, 2.05) is 6.92 Å². The first-order valence-electron chi connectivity index (χ1n) is 6.76. The number of nitrogens with zero attached hydrogens (tertiary/aromatic N) is 3. The summed E-state index contributed by atoms with van der Waals surface area (Å²) in [7, 11) is 0. The third-order valence-electron chi connectivity index (χ3n) is 4.05. The average Bonchev–Trinajstić information content (AvgIpc) is 2.80. The summed E-state index contributed by atoms with van der Waals surface area (Å²) in [5.74, 6) is 1.50. The van der Waals surface area contributed by atoms with Crippen LogP contribution in [0.15, 0.2) is 4.52 Å². The van der Waals surface area contributed by atoms with Gasteiger partial charge in [0.1, 0.15) is 0 Å². The monoisotopic (exact) mass is 252 g/mol. The van der Waals surface area contributed by atoms with Crippen molar-refractivity contribution >= 4 is 0 Å². The Hall–Kier alpha value is -0.940. The largest absolute Gasteiger partial charge is 0.338 e. The van der Waals surface area contributed by atoms with Crippen molar-refractivity contribution in [2.45, 2.75) is 52.6 Å². The van der Waals surface area contributed by atoms with Gasteiger partial charge in [-0.2, -0.15) is 4.98 Å². The number of hydrogen-bond donors (Lipinski definition) is 1. The van der Waals surface area contributed by atoms with Crippen molar-refractivity contribution in [3.05, 3.63) is 11.7 Å². The molecular formula is C13H24N4O. The van der Waals surface area contributed by atoms with Crippen LogP contribution in [-0.4, -0.2) is 34.2 Å². The van der Waals surface area contributed by atoms with Crippen LogP contribution >= 0.6 is 0 Å². The highest BCUT2D eigenvalue weighted by Crippen LogP contribution is 2.32. The molecule has 0 spiro atoms. The predicted molar refractivity (Wildman–Crippen MR) is 70.0 cm³/mol. The third-order valence-corrected chi connectivity index (χ3v) is 4.05. The van der Waals surface area contributed by atoms with Gasteiger partial charge in [0.25, 0.3) is 0 Å². The molecule has 0 radical (unpaired) electrons. The summed E-state index contributed by atoms with van der Waals surface area (Å²) >= 11 is 0. The number of rotatable bonds is 3. The zero-order chi connectivity index (χ0) is 13.3. The van der Waals surface area contributed by atoms with Crippen molar-refractivity contribution in [2.24, 2.45) is 11.1 Å². The molecule has 2 atom stereocenters. The predicted octanol–water partition coefficient (Wildman–Crippen LogP) is 1.75. The van der Waals surface area contributed by atoms with Crippen LogP contribution in [0.25, 0.3) is 0 Å². The van der Waals surface area contributed by atoms with Gasteiger partial charge in [-0.15, -0.1) is 0 Å². The Bertz CT molecular complexity index is 401. The molecule has 1 saturated heterocycles. The second-order valence-electron chi connectivity index (χ2n) is 5.93. The van der Waals surface area contributed by atoms with Gasteiger partial charge >= 0.3 is 0 Å². The third kappa shape index (κ3) is 2.57. The fraction of sp³-hybridized carbons (Fsp3) is 0.846. The summed E-state index contributed by atoms with van der Waals surface area (Å²) in [6.45, 7) is 10.6. The van der Waals surface area contributed by atoms with Crippen LogP contribution in [0.5, 0.6) is 0 Å². The Morgan fingerprint density at radius 1 is 1.56 bits per heavy atom. The van der Waals surface area contributed by atoms with E-state index in [-0.39, 0.29) is 17.5 Å². The SMILES string of the molecule is CCc1noc(C(C)N2CCC(N)C(C)(C)C2)n1. The molecule has 5 heteroatoms. The fourth-order valence-electron chi connectivity index (χ4n) is 2.48. The fourth-order valence-corrected chi connectivity index (χ4v) is 2.48. The van der Waals surface area contributed by atoms with Gasteiger partial charge in [-0.3, -0.25) is 4.90 Å². The summed E-state index contributed by atoms with van der Waals surface area (Å²) < 4.78 is 5.33. The maximum Gasteiger partial charge on any atom is 0.243 e. The minimum Gasteiger partial charge on any atom is -0.338 e. The normalized spacial score (nSPS) is 26.2. The highest BCUT2D eigenvalue weighted by Gasteiger charge is 2.36. The van der Waals surface area contributed by atoms with E-state index in [1.54, 1.807) is 0 Å². The molecule has 0 aromatic carbocycles. The van der Waals surface area contributed by atoms with Crippen molar-refractivity contribution in [3.8, 4) is 0 Å². The maximum atomic E-state index is 6.16. The van der Waals surface area contributed by atoms with Crippen LogP contribution in [0.4, 0.5) is 0 Å². The second kappa shape index (κ2) is 4.97. The molecule has 1 aliphatic rings. The van der Waals surface area contributed by atoms with E-state index < -0.39 is 0 Å². The lowest BCUT2D eigenvalue weighted by Gasteiger charge is -2.44. The molecule has 0 aliphatic carbocycles. The highest BCUT2D eigenvalue weighted by molar-refractivity contribution is 4.97. The molecule has 18 heavy (non-hydrogen) atoms. The first kappa shape index (κ1) is 13.5. The minimum atomic E-state index is 0.139. The molecule has 0 amide bonds. The van der Waals surface area contributed by atoms with Crippen molar-refractivity contribution in [1.82, 2.24) is 15.0 Å². The molecular weight excluding hydrogens is 228 g/mol. The molecule has 1 aromatic heterocycles. The van der Waals surface area contributed by atoms with E-state index in [0.717, 1.165) is 37.6 Å². The van der Waals surface area contributed by atoms with Gasteiger partial charge in [-0.1, -0.05) is 25.9 Å². The Balaban J connectivity index is 2.07. The average molecular weight is 252 g/mol. The molecule has 2 rings (SSSR count). The molecule has 102 valence electrons. The van der Waals surface area contributed by atoms with E-state index >= 15 is 0 Å². The van der Waals surface area contributed by atoms with Crippen LogP contribution in [0, 0.1) is 5.41 Å². The van der Waals surface area contributed by atoms with Gasteiger partial charge in [0.05, 0.1) is 6.04 Å². The van der Waals surface area contributed by atoms with Crippen LogP contribution in [-0.2, 0) is 6.42 Å². The second-order valence-corrected chi connectivity index (χ2v) is 5.93. The number of hydrogen-bond acceptors (Lipinski definition) is 5. The van der Waals surface area contributed by atoms with E-state index in [0.29, 0.717) is 0 Å². The molecule has 2 N–H and O–H groups in total. The lowest BCUT2D eigenvalue weighted by Crippen LogP contribution is -2.52. The van der Waals surface area contributed by atoms with E-state index in [9.17, 15) is 0 Å². The Morgan fingerprint density at radius 2 is 2.28 bits per heavy atom. The van der Waals surface area contributed by atoms with Crippen molar-refractivity contribution in [1.29, 1.82) is 0 Å². The maximum absolute atomic E-state index is 6.16. The zero-order valence-corrected chi connectivity index (χ0v) is 11.8. The van der Waals surface area contributed by atoms with E-state index in [4.69, 9.17) is 10.3 Å². The lowest BCUT2D eigenvalue weighted by atomic mass is 9.79. The first-order chi connectivity index (χ1) is 8.44. The summed E-state index contributed by atoms with van der Waals surface area (Å²) in [4.78, 5) is 6.81. The van der Waals surface area contributed by atoms with Crippen LogP contribution in [0.1, 0.15) is 51.9 Å². The number of aromatic nitrogens is 2. The quantitative estimate of drug-likeness (QED) is 0.887. The molecule has 0 saturated carbocycles. The number of nitrogens with two attached hydrogens (primary N) is 1. The van der Waals surface area contributed by atoms with Gasteiger partial charge in [0, 0.05) is 25.6 Å². The Morgan fingerprint density at radius 3 is 2.83 bits per heavy atom. The Kier molecular flexibility index (Phi) is 3.73. The summed E-state index contributed by atoms with van der Waals surface area (Å²) in [6, 6.07) is 0.444. The number of aryl methyl sites for hydroxylation is 1. The summed E-state index contributed by atoms with van der Waals surface area (Å²) in [5.41, 5.74) is 6.30. The van der Waals surface area contributed by atoms with Crippen molar-refractivity contribution < 1.29 is 4.52 Å². The Labute approximate surface area is 109 Å². The van der Waals surface area contributed by atoms with Gasteiger partial charge in [0.15, 0.2) is 5.82 Å². The molecule has 2 unspecified atom stereocenters. The number of piperidine rings is 1. The van der Waals surface area contributed by atoms with Crippen LogP contribution in [0.2, 0.25) is 0 Å². The van der Waals surface area contributed by atoms with Gasteiger partial charge < -0.3 is 10.3 Å². The lowest BCUT2D eigenvalue weighted by molar-refractivity contribution is 0.0549. The zero-order valence-electron chi connectivity index (χ0n) is 11.8. The molecule has 0 bridgehead atoms. The van der Waals surface area contributed by atoms with Crippen LogP contribution in [0.3, 0.4) is 0 Å². The number of likely N-dealkylation sites (tertiary alicyclic amines) is 1. The molecule has 1 aromatic rings. The van der Waals surface area contributed by atoms with Crippen molar-refractivity contribution in [3.63, 3.8) is 0 Å². The molecule has 2 heterocycles. The standard InChI is InChI=1S/C13H24N4O/c1-5-11-15-12(18-16-11)9(2)17-7-6-10(14)13(3,4)8-17/h9-10H,5-8,14H2,1-4H3. The topological polar surface area (TPSA) is 68.2 Å². The molecule has 5 nitrogen and oxygen atoms in total. The van der Waals surface area contributed by atoms with E-state index in [1.165, 1.54) is 0 Å². The van der Waals surface area contributed by atoms with Crippen molar-refractivity contribution in [2.75, 3.05) is 13.1 Å². The van der Waals surface area contributed by atoms with Gasteiger partial charge in [0.2, 0.25) is 5.89 Å². The highest BCUT2D eigenvalue weighted by atomic mass is 16.5. The summed E-state index contributed by atoms with van der Waals surface area (Å²) in [6.07, 6.45) is 1.83. The van der Waals surface area contributed by atoms with Gasteiger partial charge in [-0.25, -0.2) is 0 Å². The minimum absolute atomic E-state index is 0.139. The first-order valence-corrected chi connectivity index (χ1v) is 6.76. The van der Waals surface area contributed by atoms with E-state index in [2.05, 4.69) is 35.8 Å². The van der Waals surface area contributed by atoms with Crippen LogP contribution < -0.4 is 5.73 Å².